The molecule has 2 rings (SSSR count). The van der Waals surface area contributed by atoms with E-state index >= 15 is 0 Å². The average Bonchev–Trinajstić information content (AvgIpc) is 2.82. The van der Waals surface area contributed by atoms with Gasteiger partial charge in [0.2, 0.25) is 5.91 Å². The number of carbonyl (C=O) groups excluding carboxylic acids is 2. The monoisotopic (exact) mass is 171 g/mol. The van der Waals surface area contributed by atoms with E-state index in [1.807, 2.05) is 0 Å². The maximum Gasteiger partial charge on any atom is 0.433 e. The molecule has 3 amide bonds. The third-order valence-corrected chi connectivity index (χ3v) is 2.46. The summed E-state index contributed by atoms with van der Waals surface area (Å²) in [6.07, 6.45) is 0. The lowest BCUT2D eigenvalue weighted by Crippen LogP contribution is -2.45. The minimum atomic E-state index is -0.390. The van der Waals surface area contributed by atoms with Crippen molar-refractivity contribution in [3.05, 3.63) is 0 Å². The van der Waals surface area contributed by atoms with E-state index in [0.717, 1.165) is 0 Å². The first-order valence-corrected chi connectivity index (χ1v) is 3.81. The van der Waals surface area contributed by atoms with Crippen LogP contribution in [0.5, 0.6) is 0 Å². The Bertz CT molecular complexity index is 260. The number of hydrogen-bond acceptors (Lipinski definition) is 3. The van der Waals surface area contributed by atoms with Crippen molar-refractivity contribution in [1.29, 1.82) is 0 Å². The number of rotatable bonds is 2. The molecular formula is C6H11N4O2+. The second-order valence-electron chi connectivity index (χ2n) is 3.25. The molecule has 2 saturated heterocycles. The Morgan fingerprint density at radius 2 is 1.92 bits per heavy atom. The number of hydrogen-bond donors (Lipinski definition) is 2. The number of nitrogens with zero attached hydrogens (tertiary/aromatic N) is 2. The molecule has 0 aromatic rings. The van der Waals surface area contributed by atoms with Gasteiger partial charge in [-0.2, -0.15) is 4.59 Å². The molecule has 2 aliphatic heterocycles. The Kier molecular flexibility index (Phi) is 1.23. The highest BCUT2D eigenvalue weighted by molar-refractivity contribution is 5.83. The third kappa shape index (κ3) is 0.819. The average molecular weight is 171 g/mol. The van der Waals surface area contributed by atoms with Crippen LogP contribution < -0.4 is 11.5 Å². The van der Waals surface area contributed by atoms with Crippen LogP contribution in [0.2, 0.25) is 0 Å². The highest BCUT2D eigenvalue weighted by atomic mass is 16.2. The smallest absolute Gasteiger partial charge is 0.368 e. The van der Waals surface area contributed by atoms with Gasteiger partial charge >= 0.3 is 6.03 Å². The lowest BCUT2D eigenvalue weighted by molar-refractivity contribution is -0.824. The topological polar surface area (TPSA) is 89.2 Å². The van der Waals surface area contributed by atoms with Crippen LogP contribution in [-0.2, 0) is 4.79 Å². The van der Waals surface area contributed by atoms with Crippen LogP contribution in [0.3, 0.4) is 0 Å². The Hall–Kier alpha value is -1.14. The van der Waals surface area contributed by atoms with Crippen molar-refractivity contribution in [2.45, 2.75) is 6.04 Å². The predicted molar refractivity (Wildman–Crippen MR) is 39.3 cm³/mol. The van der Waals surface area contributed by atoms with Gasteiger partial charge in [0.05, 0.1) is 6.54 Å². The quantitative estimate of drug-likeness (QED) is 0.371. The highest BCUT2D eigenvalue weighted by Crippen LogP contribution is 2.35. The molecule has 2 fully saturated rings. The van der Waals surface area contributed by atoms with Gasteiger partial charge in [-0.15, -0.1) is 5.01 Å². The Morgan fingerprint density at radius 3 is 2.17 bits per heavy atom. The van der Waals surface area contributed by atoms with Gasteiger partial charge in [0.25, 0.3) is 0 Å². The molecule has 0 aliphatic carbocycles. The SMILES string of the molecule is NC(=O)C1CN1[N+]1(C(N)=O)CC1. The molecule has 2 unspecified atom stereocenters. The molecule has 0 aromatic carbocycles. The zero-order valence-electron chi connectivity index (χ0n) is 6.56. The number of primary amides is 2. The molecule has 4 N–H and O–H groups in total. The maximum atomic E-state index is 10.9. The van der Waals surface area contributed by atoms with Crippen LogP contribution in [0.1, 0.15) is 0 Å². The van der Waals surface area contributed by atoms with Crippen LogP contribution in [0, 0.1) is 0 Å². The molecule has 0 radical (unpaired) electrons. The van der Waals surface area contributed by atoms with Gasteiger partial charge in [-0.05, 0) is 0 Å². The number of urea groups is 1. The maximum absolute atomic E-state index is 10.9. The molecule has 0 bridgehead atoms. The summed E-state index contributed by atoms with van der Waals surface area (Å²) in [4.78, 5) is 21.6. The number of quaternary nitrogens is 1. The van der Waals surface area contributed by atoms with E-state index in [1.165, 1.54) is 0 Å². The number of carbonyl (C=O) groups is 2. The molecule has 6 nitrogen and oxygen atoms in total. The van der Waals surface area contributed by atoms with Gasteiger partial charge in [0.15, 0.2) is 19.1 Å². The van der Waals surface area contributed by atoms with Gasteiger partial charge in [0, 0.05) is 0 Å². The molecule has 66 valence electrons. The highest BCUT2D eigenvalue weighted by Gasteiger charge is 2.65. The summed E-state index contributed by atoms with van der Waals surface area (Å²) in [5.74, 6) is -0.374. The molecule has 0 aromatic heterocycles. The fourth-order valence-electron chi connectivity index (χ4n) is 1.49. The van der Waals surface area contributed by atoms with Crippen molar-refractivity contribution >= 4 is 11.9 Å². The minimum Gasteiger partial charge on any atom is -0.368 e. The zero-order chi connectivity index (χ0) is 8.93. The molecule has 0 saturated carbocycles. The Balaban J connectivity index is 2.05. The van der Waals surface area contributed by atoms with Gasteiger partial charge in [-0.25, -0.2) is 4.79 Å². The molecule has 2 heterocycles. The van der Waals surface area contributed by atoms with Crippen molar-refractivity contribution in [3.63, 3.8) is 0 Å². The molecule has 2 aliphatic rings. The van der Waals surface area contributed by atoms with Crippen LogP contribution >= 0.6 is 0 Å². The lowest BCUT2D eigenvalue weighted by Gasteiger charge is -2.12. The van der Waals surface area contributed by atoms with Crippen molar-refractivity contribution in [3.8, 4) is 0 Å². The van der Waals surface area contributed by atoms with Gasteiger partial charge < -0.3 is 11.5 Å². The van der Waals surface area contributed by atoms with Crippen molar-refractivity contribution in [2.75, 3.05) is 19.6 Å². The summed E-state index contributed by atoms with van der Waals surface area (Å²) in [5.41, 5.74) is 10.2. The van der Waals surface area contributed by atoms with E-state index in [9.17, 15) is 9.59 Å². The second-order valence-corrected chi connectivity index (χ2v) is 3.25. The molecule has 0 spiro atoms. The van der Waals surface area contributed by atoms with Crippen LogP contribution in [0.25, 0.3) is 0 Å². The normalized spacial score (nSPS) is 35.7. The van der Waals surface area contributed by atoms with E-state index in [1.54, 1.807) is 5.01 Å². The Labute approximate surface area is 69.3 Å². The first-order valence-electron chi connectivity index (χ1n) is 3.81. The van der Waals surface area contributed by atoms with Crippen molar-refractivity contribution < 1.29 is 14.2 Å². The summed E-state index contributed by atoms with van der Waals surface area (Å²) in [5, 5.41) is 1.73. The van der Waals surface area contributed by atoms with Crippen LogP contribution in [0.15, 0.2) is 0 Å². The van der Waals surface area contributed by atoms with Crippen molar-refractivity contribution in [2.24, 2.45) is 11.5 Å². The van der Waals surface area contributed by atoms with Gasteiger partial charge in [0.1, 0.15) is 0 Å². The summed E-state index contributed by atoms with van der Waals surface area (Å²) in [7, 11) is 0. The van der Waals surface area contributed by atoms with E-state index in [4.69, 9.17) is 11.5 Å². The summed E-state index contributed by atoms with van der Waals surface area (Å²) < 4.78 is 0.133. The first-order chi connectivity index (χ1) is 5.58. The van der Waals surface area contributed by atoms with Gasteiger partial charge in [-0.3, -0.25) is 4.79 Å². The standard InChI is InChI=1S/C6H10N4O2/c7-5(11)4-3-9(4)10(1-2-10)6(8)12/h4H,1-3H2,(H3-,7,8,11,12)/p+1. The van der Waals surface area contributed by atoms with Crippen molar-refractivity contribution in [1.82, 2.24) is 5.01 Å². The fourth-order valence-corrected chi connectivity index (χ4v) is 1.49. The third-order valence-electron chi connectivity index (χ3n) is 2.46. The molecule has 6 heteroatoms. The Morgan fingerprint density at radius 1 is 1.33 bits per heavy atom. The van der Waals surface area contributed by atoms with E-state index in [2.05, 4.69) is 0 Å². The van der Waals surface area contributed by atoms with Gasteiger partial charge in [-0.1, -0.05) is 0 Å². The number of nitrogens with two attached hydrogens (primary N) is 2. The van der Waals surface area contributed by atoms with E-state index in [0.29, 0.717) is 19.6 Å². The molecule has 12 heavy (non-hydrogen) atoms. The van der Waals surface area contributed by atoms with Crippen LogP contribution in [0.4, 0.5) is 4.79 Å². The second kappa shape index (κ2) is 1.96. The zero-order valence-corrected chi connectivity index (χ0v) is 6.56. The first kappa shape index (κ1) is 7.51. The summed E-state index contributed by atoms with van der Waals surface area (Å²) in [6, 6.07) is -0.668. The molecule has 2 atom stereocenters. The van der Waals surface area contributed by atoms with E-state index < -0.39 is 6.03 Å². The summed E-state index contributed by atoms with van der Waals surface area (Å²) in [6.45, 7) is 1.98. The van der Waals surface area contributed by atoms with Crippen LogP contribution in [-0.4, -0.2) is 47.2 Å². The molecular weight excluding hydrogens is 160 g/mol. The summed E-state index contributed by atoms with van der Waals surface area (Å²) >= 11 is 0. The minimum absolute atomic E-state index is 0.133. The lowest BCUT2D eigenvalue weighted by atomic mass is 10.5. The predicted octanol–water partition coefficient (Wildman–Crippen LogP) is -2.02. The fraction of sp³-hybridized carbons (Fsp3) is 0.667. The largest absolute Gasteiger partial charge is 0.433 e. The van der Waals surface area contributed by atoms with E-state index in [-0.39, 0.29) is 16.5 Å². The number of amides is 3.